The third kappa shape index (κ3) is 3.98. The molecule has 0 bridgehead atoms. The van der Waals surface area contributed by atoms with Crippen LogP contribution in [-0.4, -0.2) is 66.3 Å². The molecule has 2 aliphatic rings. The Kier molecular flexibility index (Phi) is 5.08. The lowest BCUT2D eigenvalue weighted by Crippen LogP contribution is -2.49. The summed E-state index contributed by atoms with van der Waals surface area (Å²) in [6.45, 7) is 6.87. The second kappa shape index (κ2) is 7.23. The van der Waals surface area contributed by atoms with Crippen molar-refractivity contribution in [2.24, 2.45) is 5.10 Å². The number of amides is 1. The molecule has 0 atom stereocenters. The van der Waals surface area contributed by atoms with Crippen molar-refractivity contribution >= 4 is 11.6 Å². The number of rotatable bonds is 4. The van der Waals surface area contributed by atoms with Gasteiger partial charge < -0.3 is 4.90 Å². The van der Waals surface area contributed by atoms with Gasteiger partial charge in [0.05, 0.1) is 12.4 Å². The van der Waals surface area contributed by atoms with Gasteiger partial charge in [-0.05, 0) is 24.6 Å². The fourth-order valence-electron chi connectivity index (χ4n) is 3.03. The number of piperazine rings is 1. The first-order valence-corrected chi connectivity index (χ1v) is 8.54. The lowest BCUT2D eigenvalue weighted by molar-refractivity contribution is -0.134. The van der Waals surface area contributed by atoms with Crippen LogP contribution in [0.15, 0.2) is 29.4 Å². The number of carbonyl (C=O) groups excluding carboxylic acids is 1. The molecule has 5 heteroatoms. The summed E-state index contributed by atoms with van der Waals surface area (Å²) in [5.74, 6) is 0.137. The zero-order chi connectivity index (χ0) is 16.2. The molecule has 1 amide bonds. The Morgan fingerprint density at radius 1 is 1.04 bits per heavy atom. The number of hydrogen-bond acceptors (Lipinski definition) is 4. The molecule has 0 N–H and O–H groups in total. The highest BCUT2D eigenvalue weighted by molar-refractivity contribution is 6.04. The number of carbonyl (C=O) groups is 1. The van der Waals surface area contributed by atoms with Gasteiger partial charge in [0.25, 0.3) is 0 Å². The average molecular weight is 314 g/mol. The maximum Gasteiger partial charge on any atom is 0.244 e. The molecule has 0 unspecified atom stereocenters. The molecular weight excluding hydrogens is 288 g/mol. The second-order valence-corrected chi connectivity index (χ2v) is 6.45. The van der Waals surface area contributed by atoms with Gasteiger partial charge in [-0.25, -0.2) is 5.01 Å². The SMILES string of the molecule is CCc1ccc(C2=NN(CN3CCN(C)CC3)C(=O)CC2)cc1. The van der Waals surface area contributed by atoms with E-state index in [0.29, 0.717) is 13.1 Å². The average Bonchev–Trinajstić information content (AvgIpc) is 2.59. The summed E-state index contributed by atoms with van der Waals surface area (Å²) in [6, 6.07) is 8.56. The third-order valence-corrected chi connectivity index (χ3v) is 4.73. The van der Waals surface area contributed by atoms with E-state index in [1.807, 2.05) is 0 Å². The summed E-state index contributed by atoms with van der Waals surface area (Å²) < 4.78 is 0. The van der Waals surface area contributed by atoms with Gasteiger partial charge in [0, 0.05) is 39.0 Å². The minimum absolute atomic E-state index is 0.137. The molecule has 0 spiro atoms. The molecule has 2 aliphatic heterocycles. The normalized spacial score (nSPS) is 20.7. The quantitative estimate of drug-likeness (QED) is 0.850. The minimum atomic E-state index is 0.137. The first-order chi connectivity index (χ1) is 11.2. The van der Waals surface area contributed by atoms with Gasteiger partial charge in [-0.15, -0.1) is 0 Å². The van der Waals surface area contributed by atoms with Crippen molar-refractivity contribution < 1.29 is 4.79 Å². The topological polar surface area (TPSA) is 39.1 Å². The summed E-state index contributed by atoms with van der Waals surface area (Å²) in [7, 11) is 2.14. The first-order valence-electron chi connectivity index (χ1n) is 8.54. The van der Waals surface area contributed by atoms with Crippen LogP contribution in [0.1, 0.15) is 30.9 Å². The smallest absolute Gasteiger partial charge is 0.244 e. The Morgan fingerprint density at radius 3 is 2.39 bits per heavy atom. The number of hydrazone groups is 1. The monoisotopic (exact) mass is 314 g/mol. The van der Waals surface area contributed by atoms with E-state index in [-0.39, 0.29) is 5.91 Å². The molecule has 1 fully saturated rings. The lowest BCUT2D eigenvalue weighted by Gasteiger charge is -2.35. The van der Waals surface area contributed by atoms with E-state index in [0.717, 1.165) is 50.3 Å². The molecule has 0 aliphatic carbocycles. The van der Waals surface area contributed by atoms with E-state index in [9.17, 15) is 4.79 Å². The van der Waals surface area contributed by atoms with Crippen LogP contribution in [0.25, 0.3) is 0 Å². The molecule has 3 rings (SSSR count). The summed E-state index contributed by atoms with van der Waals surface area (Å²) >= 11 is 0. The van der Waals surface area contributed by atoms with Gasteiger partial charge in [0.1, 0.15) is 0 Å². The van der Waals surface area contributed by atoms with Gasteiger partial charge in [0.2, 0.25) is 5.91 Å². The molecule has 1 aromatic rings. The number of hydrogen-bond donors (Lipinski definition) is 0. The van der Waals surface area contributed by atoms with Crippen molar-refractivity contribution in [3.63, 3.8) is 0 Å². The van der Waals surface area contributed by atoms with E-state index in [1.54, 1.807) is 5.01 Å². The predicted molar refractivity (Wildman–Crippen MR) is 92.4 cm³/mol. The summed E-state index contributed by atoms with van der Waals surface area (Å²) in [6.07, 6.45) is 2.34. The number of benzene rings is 1. The first kappa shape index (κ1) is 16.1. The lowest BCUT2D eigenvalue weighted by atomic mass is 10.0. The molecule has 23 heavy (non-hydrogen) atoms. The van der Waals surface area contributed by atoms with Gasteiger partial charge >= 0.3 is 0 Å². The molecular formula is C18H26N4O. The largest absolute Gasteiger partial charge is 0.304 e. The van der Waals surface area contributed by atoms with Crippen LogP contribution in [0.3, 0.4) is 0 Å². The van der Waals surface area contributed by atoms with Gasteiger partial charge in [-0.1, -0.05) is 31.2 Å². The molecule has 1 aromatic carbocycles. The van der Waals surface area contributed by atoms with E-state index in [2.05, 4.69) is 53.1 Å². The highest BCUT2D eigenvalue weighted by Crippen LogP contribution is 2.17. The van der Waals surface area contributed by atoms with Crippen LogP contribution in [0.5, 0.6) is 0 Å². The minimum Gasteiger partial charge on any atom is -0.304 e. The van der Waals surface area contributed by atoms with Crippen LogP contribution in [-0.2, 0) is 11.2 Å². The number of aryl methyl sites for hydroxylation is 1. The van der Waals surface area contributed by atoms with Crippen molar-refractivity contribution in [1.29, 1.82) is 0 Å². The van der Waals surface area contributed by atoms with Crippen molar-refractivity contribution in [3.8, 4) is 0 Å². The van der Waals surface area contributed by atoms with Crippen molar-refractivity contribution in [2.45, 2.75) is 26.2 Å². The molecule has 0 saturated carbocycles. The Morgan fingerprint density at radius 2 is 1.74 bits per heavy atom. The number of nitrogens with zero attached hydrogens (tertiary/aromatic N) is 4. The van der Waals surface area contributed by atoms with Crippen molar-refractivity contribution in [1.82, 2.24) is 14.8 Å². The molecule has 0 radical (unpaired) electrons. The maximum absolute atomic E-state index is 12.2. The van der Waals surface area contributed by atoms with E-state index >= 15 is 0 Å². The fraction of sp³-hybridized carbons (Fsp3) is 0.556. The molecule has 1 saturated heterocycles. The highest BCUT2D eigenvalue weighted by atomic mass is 16.2. The third-order valence-electron chi connectivity index (χ3n) is 4.73. The van der Waals surface area contributed by atoms with Crippen LogP contribution in [0, 0.1) is 0 Å². The predicted octanol–water partition coefficient (Wildman–Crippen LogP) is 1.78. The Hall–Kier alpha value is -1.72. The standard InChI is InChI=1S/C18H26N4O/c1-3-15-4-6-16(7-5-15)17-8-9-18(23)22(19-17)14-21-12-10-20(2)11-13-21/h4-7H,3,8-14H2,1-2H3. The molecule has 2 heterocycles. The fourth-order valence-corrected chi connectivity index (χ4v) is 3.03. The van der Waals surface area contributed by atoms with Crippen LogP contribution in [0.2, 0.25) is 0 Å². The Labute approximate surface area is 138 Å². The number of likely N-dealkylation sites (N-methyl/N-ethyl adjacent to an activating group) is 1. The van der Waals surface area contributed by atoms with Gasteiger partial charge in [0.15, 0.2) is 0 Å². The van der Waals surface area contributed by atoms with Crippen molar-refractivity contribution in [3.05, 3.63) is 35.4 Å². The molecule has 124 valence electrons. The van der Waals surface area contributed by atoms with Crippen LogP contribution in [0.4, 0.5) is 0 Å². The van der Waals surface area contributed by atoms with Gasteiger partial charge in [-0.2, -0.15) is 5.10 Å². The second-order valence-electron chi connectivity index (χ2n) is 6.45. The summed E-state index contributed by atoms with van der Waals surface area (Å²) in [4.78, 5) is 16.8. The van der Waals surface area contributed by atoms with E-state index in [1.165, 1.54) is 5.56 Å². The Bertz CT molecular complexity index is 573. The molecule has 5 nitrogen and oxygen atoms in total. The van der Waals surface area contributed by atoms with E-state index < -0.39 is 0 Å². The maximum atomic E-state index is 12.2. The zero-order valence-corrected chi connectivity index (χ0v) is 14.2. The van der Waals surface area contributed by atoms with E-state index in [4.69, 9.17) is 0 Å². The summed E-state index contributed by atoms with van der Waals surface area (Å²) in [5.41, 5.74) is 3.50. The molecule has 0 aromatic heterocycles. The highest BCUT2D eigenvalue weighted by Gasteiger charge is 2.24. The van der Waals surface area contributed by atoms with Crippen LogP contribution >= 0.6 is 0 Å². The zero-order valence-electron chi connectivity index (χ0n) is 14.2. The Balaban J connectivity index is 1.70. The summed E-state index contributed by atoms with van der Waals surface area (Å²) in [5, 5.41) is 6.31. The van der Waals surface area contributed by atoms with Crippen LogP contribution < -0.4 is 0 Å². The van der Waals surface area contributed by atoms with Crippen molar-refractivity contribution in [2.75, 3.05) is 39.9 Å². The van der Waals surface area contributed by atoms with Gasteiger partial charge in [-0.3, -0.25) is 9.69 Å².